The molecule has 0 aromatic heterocycles. The van der Waals surface area contributed by atoms with Gasteiger partial charge in [0.25, 0.3) is 0 Å². The Bertz CT molecular complexity index is 471. The molecule has 19 heavy (non-hydrogen) atoms. The van der Waals surface area contributed by atoms with Crippen molar-refractivity contribution in [3.63, 3.8) is 0 Å². The van der Waals surface area contributed by atoms with E-state index in [0.717, 1.165) is 17.2 Å². The molecule has 0 spiro atoms. The predicted molar refractivity (Wildman–Crippen MR) is 72.0 cm³/mol. The SMILES string of the molecule is CC(C)(CCNc1ccc2c(c1)OCCO2)C(=O)O. The maximum Gasteiger partial charge on any atom is 0.309 e. The standard InChI is InChI=1S/C14H19NO4/c1-14(2,13(16)17)5-6-15-10-3-4-11-12(9-10)19-8-7-18-11/h3-4,9,15H,5-8H2,1-2H3,(H,16,17). The molecular weight excluding hydrogens is 246 g/mol. The fourth-order valence-electron chi connectivity index (χ4n) is 1.78. The minimum Gasteiger partial charge on any atom is -0.486 e. The Balaban J connectivity index is 1.92. The van der Waals surface area contributed by atoms with E-state index in [-0.39, 0.29) is 0 Å². The third-order valence-electron chi connectivity index (χ3n) is 3.20. The van der Waals surface area contributed by atoms with E-state index >= 15 is 0 Å². The second kappa shape index (κ2) is 5.38. The van der Waals surface area contributed by atoms with Crippen LogP contribution >= 0.6 is 0 Å². The average Bonchev–Trinajstić information content (AvgIpc) is 2.38. The summed E-state index contributed by atoms with van der Waals surface area (Å²) in [5, 5.41) is 12.2. The van der Waals surface area contributed by atoms with Gasteiger partial charge in [0, 0.05) is 18.3 Å². The van der Waals surface area contributed by atoms with Gasteiger partial charge in [0.1, 0.15) is 13.2 Å². The molecule has 2 rings (SSSR count). The van der Waals surface area contributed by atoms with Crippen molar-refractivity contribution < 1.29 is 19.4 Å². The first-order chi connectivity index (χ1) is 8.99. The van der Waals surface area contributed by atoms with Crippen molar-refractivity contribution in [3.8, 4) is 11.5 Å². The summed E-state index contributed by atoms with van der Waals surface area (Å²) in [4.78, 5) is 11.0. The summed E-state index contributed by atoms with van der Waals surface area (Å²) < 4.78 is 10.9. The quantitative estimate of drug-likeness (QED) is 0.855. The number of hydrogen-bond acceptors (Lipinski definition) is 4. The molecule has 1 aromatic carbocycles. The summed E-state index contributed by atoms with van der Waals surface area (Å²) in [7, 11) is 0. The van der Waals surface area contributed by atoms with Gasteiger partial charge >= 0.3 is 5.97 Å². The van der Waals surface area contributed by atoms with Crippen LogP contribution in [0.2, 0.25) is 0 Å². The number of benzene rings is 1. The van der Waals surface area contributed by atoms with E-state index in [4.69, 9.17) is 14.6 Å². The third kappa shape index (κ3) is 3.30. The Hall–Kier alpha value is -1.91. The highest BCUT2D eigenvalue weighted by Crippen LogP contribution is 2.32. The molecule has 0 radical (unpaired) electrons. The molecule has 0 amide bonds. The summed E-state index contributed by atoms with van der Waals surface area (Å²) in [6.07, 6.45) is 0.552. The lowest BCUT2D eigenvalue weighted by Gasteiger charge is -2.21. The summed E-state index contributed by atoms with van der Waals surface area (Å²) in [6, 6.07) is 5.64. The van der Waals surface area contributed by atoms with Crippen LogP contribution < -0.4 is 14.8 Å². The number of carboxylic acids is 1. The average molecular weight is 265 g/mol. The lowest BCUT2D eigenvalue weighted by Crippen LogP contribution is -2.26. The highest BCUT2D eigenvalue weighted by molar-refractivity contribution is 5.73. The van der Waals surface area contributed by atoms with Crippen LogP contribution in [0.15, 0.2) is 18.2 Å². The van der Waals surface area contributed by atoms with Gasteiger partial charge in [0.15, 0.2) is 11.5 Å². The van der Waals surface area contributed by atoms with Crippen molar-refractivity contribution in [2.45, 2.75) is 20.3 Å². The zero-order chi connectivity index (χ0) is 13.9. The van der Waals surface area contributed by atoms with Gasteiger partial charge in [-0.15, -0.1) is 0 Å². The Morgan fingerprint density at radius 1 is 1.32 bits per heavy atom. The fraction of sp³-hybridized carbons (Fsp3) is 0.500. The highest BCUT2D eigenvalue weighted by atomic mass is 16.6. The number of anilines is 1. The van der Waals surface area contributed by atoms with Crippen molar-refractivity contribution in [2.75, 3.05) is 25.1 Å². The van der Waals surface area contributed by atoms with Crippen LogP contribution in [-0.4, -0.2) is 30.8 Å². The number of rotatable bonds is 5. The van der Waals surface area contributed by atoms with Crippen LogP contribution in [0.1, 0.15) is 20.3 Å². The number of carbonyl (C=O) groups is 1. The first-order valence-electron chi connectivity index (χ1n) is 6.36. The zero-order valence-electron chi connectivity index (χ0n) is 11.2. The number of fused-ring (bicyclic) bond motifs is 1. The predicted octanol–water partition coefficient (Wildman–Crippen LogP) is 2.37. The van der Waals surface area contributed by atoms with Crippen molar-refractivity contribution in [1.29, 1.82) is 0 Å². The van der Waals surface area contributed by atoms with Crippen LogP contribution in [0.25, 0.3) is 0 Å². The Kier molecular flexibility index (Phi) is 3.83. The molecule has 5 nitrogen and oxygen atoms in total. The number of aliphatic carboxylic acids is 1. The second-order valence-electron chi connectivity index (χ2n) is 5.22. The molecule has 5 heteroatoms. The molecule has 1 heterocycles. The van der Waals surface area contributed by atoms with Gasteiger partial charge in [-0.2, -0.15) is 0 Å². The molecule has 1 aromatic rings. The number of nitrogens with one attached hydrogen (secondary N) is 1. The van der Waals surface area contributed by atoms with E-state index in [1.54, 1.807) is 13.8 Å². The number of hydrogen-bond donors (Lipinski definition) is 2. The van der Waals surface area contributed by atoms with Gasteiger partial charge in [-0.25, -0.2) is 0 Å². The molecule has 0 atom stereocenters. The van der Waals surface area contributed by atoms with Crippen LogP contribution in [0.4, 0.5) is 5.69 Å². The number of ether oxygens (including phenoxy) is 2. The summed E-state index contributed by atoms with van der Waals surface area (Å²) in [5.74, 6) is 0.702. The monoisotopic (exact) mass is 265 g/mol. The Labute approximate surface area is 112 Å². The van der Waals surface area contributed by atoms with Gasteiger partial charge in [-0.3, -0.25) is 4.79 Å². The van der Waals surface area contributed by atoms with Gasteiger partial charge < -0.3 is 19.9 Å². The zero-order valence-corrected chi connectivity index (χ0v) is 11.2. The van der Waals surface area contributed by atoms with Crippen molar-refractivity contribution in [1.82, 2.24) is 0 Å². The van der Waals surface area contributed by atoms with E-state index in [2.05, 4.69) is 5.32 Å². The van der Waals surface area contributed by atoms with Gasteiger partial charge in [0.2, 0.25) is 0 Å². The van der Waals surface area contributed by atoms with Crippen LogP contribution in [0.3, 0.4) is 0 Å². The van der Waals surface area contributed by atoms with E-state index < -0.39 is 11.4 Å². The van der Waals surface area contributed by atoms with Crippen LogP contribution in [0, 0.1) is 5.41 Å². The maximum atomic E-state index is 11.0. The molecular formula is C14H19NO4. The maximum absolute atomic E-state index is 11.0. The molecule has 0 unspecified atom stereocenters. The third-order valence-corrected chi connectivity index (χ3v) is 3.20. The van der Waals surface area contributed by atoms with Crippen molar-refractivity contribution in [3.05, 3.63) is 18.2 Å². The lowest BCUT2D eigenvalue weighted by molar-refractivity contribution is -0.147. The Morgan fingerprint density at radius 2 is 2.00 bits per heavy atom. The van der Waals surface area contributed by atoms with Gasteiger partial charge in [0.05, 0.1) is 5.41 Å². The molecule has 0 bridgehead atoms. The van der Waals surface area contributed by atoms with E-state index in [0.29, 0.717) is 26.2 Å². The van der Waals surface area contributed by atoms with Crippen molar-refractivity contribution in [2.24, 2.45) is 5.41 Å². The van der Waals surface area contributed by atoms with Crippen LogP contribution in [-0.2, 0) is 4.79 Å². The van der Waals surface area contributed by atoms with E-state index in [9.17, 15) is 4.79 Å². The molecule has 0 fully saturated rings. The minimum atomic E-state index is -0.781. The van der Waals surface area contributed by atoms with Crippen molar-refractivity contribution >= 4 is 11.7 Å². The second-order valence-corrected chi connectivity index (χ2v) is 5.22. The molecule has 0 saturated heterocycles. The topological polar surface area (TPSA) is 67.8 Å². The molecule has 0 aliphatic carbocycles. The van der Waals surface area contributed by atoms with Crippen LogP contribution in [0.5, 0.6) is 11.5 Å². The smallest absolute Gasteiger partial charge is 0.309 e. The largest absolute Gasteiger partial charge is 0.486 e. The molecule has 104 valence electrons. The molecule has 0 saturated carbocycles. The van der Waals surface area contributed by atoms with Gasteiger partial charge in [-0.05, 0) is 32.4 Å². The lowest BCUT2D eigenvalue weighted by atomic mass is 9.90. The minimum absolute atomic E-state index is 0.552. The number of carboxylic acid groups (broad SMARTS) is 1. The van der Waals surface area contributed by atoms with E-state index in [1.807, 2.05) is 18.2 Å². The molecule has 1 aliphatic heterocycles. The molecule has 1 aliphatic rings. The normalized spacial score (nSPS) is 14.0. The summed E-state index contributed by atoms with van der Waals surface area (Å²) in [5.41, 5.74) is 0.186. The first-order valence-corrected chi connectivity index (χ1v) is 6.36. The van der Waals surface area contributed by atoms with E-state index in [1.165, 1.54) is 0 Å². The summed E-state index contributed by atoms with van der Waals surface area (Å²) >= 11 is 0. The molecule has 2 N–H and O–H groups in total. The highest BCUT2D eigenvalue weighted by Gasteiger charge is 2.26. The fourth-order valence-corrected chi connectivity index (χ4v) is 1.78. The Morgan fingerprint density at radius 3 is 2.68 bits per heavy atom. The summed E-state index contributed by atoms with van der Waals surface area (Å²) in [6.45, 7) is 5.18. The first kappa shape index (κ1) is 13.5. The van der Waals surface area contributed by atoms with Gasteiger partial charge in [-0.1, -0.05) is 0 Å².